The normalized spacial score (nSPS) is 12.0. The zero-order valence-corrected chi connectivity index (χ0v) is 20.4. The molecule has 9 heteroatoms. The fourth-order valence-corrected chi connectivity index (χ4v) is 5.20. The first kappa shape index (κ1) is 25.9. The minimum absolute atomic E-state index is 0.0796. The smallest absolute Gasteiger partial charge is 0.264 e. The molecule has 0 aliphatic rings. The quantitative estimate of drug-likeness (QED) is 0.464. The van der Waals surface area contributed by atoms with Gasteiger partial charge in [0.1, 0.15) is 18.4 Å². The number of sulfonamides is 1. The Kier molecular flexibility index (Phi) is 8.59. The maximum absolute atomic E-state index is 14.8. The Labute approximate surface area is 205 Å². The van der Waals surface area contributed by atoms with E-state index in [1.165, 1.54) is 42.3 Å². The van der Waals surface area contributed by atoms with E-state index in [4.69, 9.17) is 0 Å². The molecule has 184 valence electrons. The second-order valence-electron chi connectivity index (χ2n) is 7.82. The molecule has 35 heavy (non-hydrogen) atoms. The van der Waals surface area contributed by atoms with Crippen LogP contribution in [-0.2, 0) is 26.2 Å². The lowest BCUT2D eigenvalue weighted by molar-refractivity contribution is -0.140. The van der Waals surface area contributed by atoms with Crippen molar-refractivity contribution in [3.63, 3.8) is 0 Å². The maximum atomic E-state index is 14.8. The van der Waals surface area contributed by atoms with Gasteiger partial charge in [0.25, 0.3) is 10.0 Å². The molecule has 0 unspecified atom stereocenters. The molecular formula is C26H28FN3O4S. The molecule has 1 atom stereocenters. The topological polar surface area (TPSA) is 86.8 Å². The number of rotatable bonds is 10. The van der Waals surface area contributed by atoms with Gasteiger partial charge in [-0.25, -0.2) is 12.8 Å². The summed E-state index contributed by atoms with van der Waals surface area (Å²) in [7, 11) is -2.82. The highest BCUT2D eigenvalue weighted by molar-refractivity contribution is 7.92. The molecule has 0 heterocycles. The van der Waals surface area contributed by atoms with E-state index < -0.39 is 34.3 Å². The zero-order valence-electron chi connectivity index (χ0n) is 19.6. The van der Waals surface area contributed by atoms with Crippen molar-refractivity contribution in [3.8, 4) is 0 Å². The molecule has 7 nitrogen and oxygen atoms in total. The molecule has 3 rings (SSSR count). The number of carbonyl (C=O) groups excluding carboxylic acids is 2. The number of hydrogen-bond donors (Lipinski definition) is 1. The van der Waals surface area contributed by atoms with Crippen molar-refractivity contribution in [1.29, 1.82) is 0 Å². The van der Waals surface area contributed by atoms with Crippen LogP contribution in [-0.4, -0.2) is 44.8 Å². The standard InChI is InChI=1S/C26H28FN3O4S/c1-3-23(26(32)28-2)29(18-20-12-6-4-7-13-20)25(31)19-30(24-17-11-10-16-22(24)27)35(33,34)21-14-8-5-9-15-21/h4-17,23H,3,18-19H2,1-2H3,(H,28,32)/t23-/m0/s1. The number of nitrogens with zero attached hydrogens (tertiary/aromatic N) is 2. The number of hydrogen-bond acceptors (Lipinski definition) is 4. The van der Waals surface area contributed by atoms with Crippen molar-refractivity contribution in [3.05, 3.63) is 96.3 Å². The Hall–Kier alpha value is -3.72. The van der Waals surface area contributed by atoms with Gasteiger partial charge in [-0.1, -0.05) is 67.6 Å². The monoisotopic (exact) mass is 497 g/mol. The molecule has 0 radical (unpaired) electrons. The van der Waals surface area contributed by atoms with Gasteiger partial charge in [0.05, 0.1) is 10.6 Å². The fraction of sp³-hybridized carbons (Fsp3) is 0.231. The maximum Gasteiger partial charge on any atom is 0.264 e. The van der Waals surface area contributed by atoms with E-state index in [1.54, 1.807) is 25.1 Å². The van der Waals surface area contributed by atoms with E-state index in [1.807, 2.05) is 30.3 Å². The van der Waals surface area contributed by atoms with Gasteiger partial charge in [0.15, 0.2) is 0 Å². The molecule has 3 aromatic rings. The Balaban J connectivity index is 2.05. The summed E-state index contributed by atoms with van der Waals surface area (Å²) in [5.41, 5.74) is 0.518. The van der Waals surface area contributed by atoms with Gasteiger partial charge in [0, 0.05) is 13.6 Å². The van der Waals surface area contributed by atoms with Crippen LogP contribution in [0.1, 0.15) is 18.9 Å². The molecular weight excluding hydrogens is 469 g/mol. The number of para-hydroxylation sites is 1. The van der Waals surface area contributed by atoms with E-state index >= 15 is 0 Å². The van der Waals surface area contributed by atoms with Gasteiger partial charge in [-0.05, 0) is 36.2 Å². The molecule has 0 bridgehead atoms. The second kappa shape index (κ2) is 11.6. The lowest BCUT2D eigenvalue weighted by Gasteiger charge is -2.33. The Morgan fingerprint density at radius 1 is 0.914 bits per heavy atom. The third-order valence-corrected chi connectivity index (χ3v) is 7.33. The summed E-state index contributed by atoms with van der Waals surface area (Å²) >= 11 is 0. The summed E-state index contributed by atoms with van der Waals surface area (Å²) in [5, 5.41) is 2.56. The summed E-state index contributed by atoms with van der Waals surface area (Å²) in [4.78, 5) is 27.5. The largest absolute Gasteiger partial charge is 0.357 e. The summed E-state index contributed by atoms with van der Waals surface area (Å²) in [6, 6.07) is 21.1. The van der Waals surface area contributed by atoms with Crippen molar-refractivity contribution < 1.29 is 22.4 Å². The van der Waals surface area contributed by atoms with Crippen molar-refractivity contribution in [2.75, 3.05) is 17.9 Å². The van der Waals surface area contributed by atoms with Crippen LogP contribution in [0.3, 0.4) is 0 Å². The Bertz CT molecular complexity index is 1250. The number of nitrogens with one attached hydrogen (secondary N) is 1. The molecule has 2 amide bonds. The molecule has 0 spiro atoms. The minimum atomic E-state index is -4.29. The predicted octanol–water partition coefficient (Wildman–Crippen LogP) is 3.57. The number of halogens is 1. The molecule has 0 aliphatic heterocycles. The summed E-state index contributed by atoms with van der Waals surface area (Å²) < 4.78 is 42.6. The average Bonchev–Trinajstić information content (AvgIpc) is 2.88. The van der Waals surface area contributed by atoms with E-state index in [2.05, 4.69) is 5.32 Å². The zero-order chi connectivity index (χ0) is 25.4. The number of anilines is 1. The highest BCUT2D eigenvalue weighted by atomic mass is 32.2. The third-order valence-electron chi connectivity index (χ3n) is 5.56. The minimum Gasteiger partial charge on any atom is -0.357 e. The number of likely N-dealkylation sites (N-methyl/N-ethyl adjacent to an activating group) is 1. The highest BCUT2D eigenvalue weighted by Gasteiger charge is 2.34. The molecule has 1 N–H and O–H groups in total. The van der Waals surface area contributed by atoms with Crippen LogP contribution in [0.4, 0.5) is 10.1 Å². The van der Waals surface area contributed by atoms with Gasteiger partial charge in [-0.2, -0.15) is 0 Å². The second-order valence-corrected chi connectivity index (χ2v) is 9.68. The number of benzene rings is 3. The summed E-state index contributed by atoms with van der Waals surface area (Å²) in [5.74, 6) is -1.79. The summed E-state index contributed by atoms with van der Waals surface area (Å²) in [6.07, 6.45) is 0.309. The highest BCUT2D eigenvalue weighted by Crippen LogP contribution is 2.27. The van der Waals surface area contributed by atoms with Crippen molar-refractivity contribution in [2.24, 2.45) is 0 Å². The van der Waals surface area contributed by atoms with Crippen LogP contribution in [0, 0.1) is 5.82 Å². The molecule has 0 saturated heterocycles. The molecule has 0 aliphatic carbocycles. The predicted molar refractivity (Wildman–Crippen MR) is 133 cm³/mol. The summed E-state index contributed by atoms with van der Waals surface area (Å²) in [6.45, 7) is 1.17. The first-order valence-electron chi connectivity index (χ1n) is 11.2. The first-order valence-corrected chi connectivity index (χ1v) is 12.6. The number of amides is 2. The van der Waals surface area contributed by atoms with Crippen LogP contribution >= 0.6 is 0 Å². The van der Waals surface area contributed by atoms with Gasteiger partial charge in [-0.15, -0.1) is 0 Å². The Morgan fingerprint density at radius 3 is 2.06 bits per heavy atom. The van der Waals surface area contributed by atoms with Gasteiger partial charge >= 0.3 is 0 Å². The molecule has 0 aromatic heterocycles. The van der Waals surface area contributed by atoms with E-state index in [9.17, 15) is 22.4 Å². The van der Waals surface area contributed by atoms with Crippen LogP contribution in [0.5, 0.6) is 0 Å². The van der Waals surface area contributed by atoms with Crippen molar-refractivity contribution in [2.45, 2.75) is 30.8 Å². The lowest BCUT2D eigenvalue weighted by Crippen LogP contribution is -2.51. The Morgan fingerprint density at radius 2 is 1.49 bits per heavy atom. The van der Waals surface area contributed by atoms with Crippen LogP contribution in [0.25, 0.3) is 0 Å². The van der Waals surface area contributed by atoms with E-state index in [0.29, 0.717) is 6.42 Å². The van der Waals surface area contributed by atoms with Crippen LogP contribution in [0.15, 0.2) is 89.8 Å². The van der Waals surface area contributed by atoms with Crippen LogP contribution < -0.4 is 9.62 Å². The lowest BCUT2D eigenvalue weighted by atomic mass is 10.1. The van der Waals surface area contributed by atoms with Gasteiger partial charge in [0.2, 0.25) is 11.8 Å². The average molecular weight is 498 g/mol. The SMILES string of the molecule is CC[C@@H](C(=O)NC)N(Cc1ccccc1)C(=O)CN(c1ccccc1F)S(=O)(=O)c1ccccc1. The van der Waals surface area contributed by atoms with Crippen LogP contribution in [0.2, 0.25) is 0 Å². The molecule has 0 fully saturated rings. The van der Waals surface area contributed by atoms with Gasteiger partial charge in [-0.3, -0.25) is 13.9 Å². The fourth-order valence-electron chi connectivity index (χ4n) is 3.75. The van der Waals surface area contributed by atoms with E-state index in [-0.39, 0.29) is 23.0 Å². The third kappa shape index (κ3) is 6.05. The first-order chi connectivity index (χ1) is 16.8. The molecule has 0 saturated carbocycles. The van der Waals surface area contributed by atoms with E-state index in [0.717, 1.165) is 15.9 Å². The van der Waals surface area contributed by atoms with Gasteiger partial charge < -0.3 is 10.2 Å². The van der Waals surface area contributed by atoms with Crippen molar-refractivity contribution in [1.82, 2.24) is 10.2 Å². The number of carbonyl (C=O) groups is 2. The van der Waals surface area contributed by atoms with Crippen molar-refractivity contribution >= 4 is 27.5 Å². The molecule has 3 aromatic carbocycles.